The Labute approximate surface area is 241 Å². The van der Waals surface area contributed by atoms with Crippen LogP contribution in [-0.2, 0) is 11.4 Å². The molecule has 0 aliphatic carbocycles. The van der Waals surface area contributed by atoms with Gasteiger partial charge in [-0.1, -0.05) is 53.5 Å². The number of rotatable bonds is 11. The van der Waals surface area contributed by atoms with Gasteiger partial charge in [-0.25, -0.2) is 10.2 Å². The van der Waals surface area contributed by atoms with Crippen LogP contribution in [0.15, 0.2) is 96.1 Å². The molecule has 0 heterocycles. The second kappa shape index (κ2) is 14.0. The summed E-state index contributed by atoms with van der Waals surface area (Å²) >= 11 is 12.0. The van der Waals surface area contributed by atoms with Gasteiger partial charge in [0.1, 0.15) is 18.1 Å². The Balaban J connectivity index is 1.25. The van der Waals surface area contributed by atoms with Gasteiger partial charge in [0.2, 0.25) is 0 Å². The number of benzene rings is 4. The maximum Gasteiger partial charge on any atom is 0.345 e. The van der Waals surface area contributed by atoms with Crippen LogP contribution in [0.5, 0.6) is 23.0 Å². The second-order valence-electron chi connectivity index (χ2n) is 8.25. The number of ether oxygens (including phenoxy) is 4. The number of hydrogen-bond acceptors (Lipinski definition) is 7. The number of methoxy groups -OCH3 is 1. The van der Waals surface area contributed by atoms with Gasteiger partial charge in [0, 0.05) is 5.02 Å². The van der Waals surface area contributed by atoms with Crippen LogP contribution in [0, 0.1) is 0 Å². The Morgan fingerprint density at radius 2 is 1.57 bits per heavy atom. The molecule has 0 saturated carbocycles. The summed E-state index contributed by atoms with van der Waals surface area (Å²) in [6, 6.07) is 26.1. The van der Waals surface area contributed by atoms with Crippen molar-refractivity contribution in [1.29, 1.82) is 0 Å². The molecule has 0 unspecified atom stereocenters. The van der Waals surface area contributed by atoms with Crippen molar-refractivity contribution in [3.8, 4) is 23.0 Å². The van der Waals surface area contributed by atoms with Gasteiger partial charge in [0.05, 0.1) is 23.9 Å². The van der Waals surface area contributed by atoms with Crippen molar-refractivity contribution < 1.29 is 28.5 Å². The van der Waals surface area contributed by atoms with Gasteiger partial charge in [-0.3, -0.25) is 4.79 Å². The molecular weight excluding hydrogens is 555 g/mol. The van der Waals surface area contributed by atoms with E-state index in [2.05, 4.69) is 10.5 Å². The van der Waals surface area contributed by atoms with E-state index in [1.807, 2.05) is 30.3 Å². The summed E-state index contributed by atoms with van der Waals surface area (Å²) < 4.78 is 22.0. The third kappa shape index (κ3) is 8.23. The maximum absolute atomic E-state index is 12.5. The van der Waals surface area contributed by atoms with E-state index in [9.17, 15) is 9.59 Å². The lowest BCUT2D eigenvalue weighted by atomic mass is 10.2. The number of amides is 1. The zero-order valence-corrected chi connectivity index (χ0v) is 22.8. The van der Waals surface area contributed by atoms with Crippen LogP contribution in [-0.4, -0.2) is 31.8 Å². The first-order valence-corrected chi connectivity index (χ1v) is 12.7. The second-order valence-corrected chi connectivity index (χ2v) is 9.10. The molecule has 204 valence electrons. The maximum atomic E-state index is 12.5. The molecule has 0 fully saturated rings. The van der Waals surface area contributed by atoms with E-state index in [0.29, 0.717) is 28.7 Å². The molecule has 0 aromatic heterocycles. The third-order valence-corrected chi connectivity index (χ3v) is 5.93. The molecule has 0 aliphatic heterocycles. The number of esters is 1. The number of halogens is 2. The highest BCUT2D eigenvalue weighted by molar-refractivity contribution is 6.36. The largest absolute Gasteiger partial charge is 0.493 e. The van der Waals surface area contributed by atoms with Crippen LogP contribution in [0.25, 0.3) is 0 Å². The lowest BCUT2D eigenvalue weighted by Gasteiger charge is -2.11. The quantitative estimate of drug-likeness (QED) is 0.0966. The molecule has 4 rings (SSSR count). The summed E-state index contributed by atoms with van der Waals surface area (Å²) in [4.78, 5) is 24.7. The molecule has 0 radical (unpaired) electrons. The van der Waals surface area contributed by atoms with Crippen molar-refractivity contribution in [1.82, 2.24) is 5.43 Å². The van der Waals surface area contributed by atoms with E-state index in [-0.39, 0.29) is 28.7 Å². The lowest BCUT2D eigenvalue weighted by molar-refractivity contribution is -0.123. The van der Waals surface area contributed by atoms with E-state index in [4.69, 9.17) is 42.1 Å². The Morgan fingerprint density at radius 1 is 0.850 bits per heavy atom. The van der Waals surface area contributed by atoms with Crippen molar-refractivity contribution in [2.24, 2.45) is 5.10 Å². The normalized spacial score (nSPS) is 10.7. The minimum Gasteiger partial charge on any atom is -0.493 e. The van der Waals surface area contributed by atoms with Gasteiger partial charge in [-0.15, -0.1) is 0 Å². The fourth-order valence-electron chi connectivity index (χ4n) is 3.39. The van der Waals surface area contributed by atoms with E-state index in [1.54, 1.807) is 48.5 Å². The van der Waals surface area contributed by atoms with Crippen LogP contribution in [0.3, 0.4) is 0 Å². The first kappa shape index (κ1) is 28.5. The van der Waals surface area contributed by atoms with Crippen LogP contribution in [0.1, 0.15) is 21.5 Å². The lowest BCUT2D eigenvalue weighted by Crippen LogP contribution is -2.24. The van der Waals surface area contributed by atoms with Gasteiger partial charge in [0.15, 0.2) is 18.1 Å². The third-order valence-electron chi connectivity index (χ3n) is 5.39. The highest BCUT2D eigenvalue weighted by atomic mass is 35.5. The molecular formula is C30H24Cl2N2O6. The molecule has 1 amide bonds. The molecule has 0 atom stereocenters. The van der Waals surface area contributed by atoms with Crippen LogP contribution in [0.4, 0.5) is 0 Å². The van der Waals surface area contributed by atoms with Gasteiger partial charge in [-0.05, 0) is 71.8 Å². The minimum absolute atomic E-state index is 0.163. The predicted octanol–water partition coefficient (Wildman–Crippen LogP) is 6.33. The van der Waals surface area contributed by atoms with Crippen molar-refractivity contribution >= 4 is 41.3 Å². The Hall–Kier alpha value is -4.53. The first-order chi connectivity index (χ1) is 19.4. The average molecular weight is 579 g/mol. The zero-order valence-electron chi connectivity index (χ0n) is 21.3. The first-order valence-electron chi connectivity index (χ1n) is 12.0. The van der Waals surface area contributed by atoms with E-state index < -0.39 is 11.9 Å². The molecule has 4 aromatic rings. The topological polar surface area (TPSA) is 95.5 Å². The molecule has 0 aliphatic rings. The van der Waals surface area contributed by atoms with E-state index >= 15 is 0 Å². The molecule has 0 bridgehead atoms. The van der Waals surface area contributed by atoms with E-state index in [0.717, 1.165) is 5.56 Å². The Kier molecular flexibility index (Phi) is 9.99. The number of hydrogen-bond donors (Lipinski definition) is 1. The van der Waals surface area contributed by atoms with Crippen LogP contribution >= 0.6 is 23.2 Å². The van der Waals surface area contributed by atoms with Gasteiger partial charge < -0.3 is 18.9 Å². The summed E-state index contributed by atoms with van der Waals surface area (Å²) in [7, 11) is 1.43. The highest BCUT2D eigenvalue weighted by Gasteiger charge is 2.16. The van der Waals surface area contributed by atoms with Crippen molar-refractivity contribution in [2.75, 3.05) is 13.7 Å². The van der Waals surface area contributed by atoms with E-state index in [1.165, 1.54) is 25.5 Å². The Bertz CT molecular complexity index is 1490. The number of nitrogens with one attached hydrogen (secondary N) is 1. The fourth-order valence-corrected chi connectivity index (χ4v) is 3.88. The summed E-state index contributed by atoms with van der Waals surface area (Å²) in [6.45, 7) is 0.229. The summed E-state index contributed by atoms with van der Waals surface area (Å²) in [5, 5.41) is 4.51. The minimum atomic E-state index is -0.664. The van der Waals surface area contributed by atoms with Gasteiger partial charge in [-0.2, -0.15) is 5.10 Å². The summed E-state index contributed by atoms with van der Waals surface area (Å²) in [5.41, 5.74) is 4.22. The van der Waals surface area contributed by atoms with Gasteiger partial charge >= 0.3 is 5.97 Å². The van der Waals surface area contributed by atoms with Crippen molar-refractivity contribution in [3.05, 3.63) is 118 Å². The number of hydrazone groups is 1. The highest BCUT2D eigenvalue weighted by Crippen LogP contribution is 2.30. The molecule has 8 nitrogen and oxygen atoms in total. The zero-order chi connectivity index (χ0) is 28.3. The average Bonchev–Trinajstić information content (AvgIpc) is 2.96. The monoisotopic (exact) mass is 578 g/mol. The summed E-state index contributed by atoms with van der Waals surface area (Å²) in [5.74, 6) is 0.565. The van der Waals surface area contributed by atoms with Gasteiger partial charge in [0.25, 0.3) is 5.91 Å². The van der Waals surface area contributed by atoms with Crippen molar-refractivity contribution in [2.45, 2.75) is 6.61 Å². The number of carbonyl (C=O) groups excluding carboxylic acids is 2. The SMILES string of the molecule is COc1cc(C=NNC(=O)COc2ccc(OCc3ccccc3)cc2)ccc1OC(=O)c1ccc(Cl)cc1Cl. The smallest absolute Gasteiger partial charge is 0.345 e. The molecule has 10 heteroatoms. The molecule has 0 saturated heterocycles. The molecule has 1 N–H and O–H groups in total. The number of carbonyl (C=O) groups is 2. The standard InChI is InChI=1S/C30H24Cl2N2O6/c1-37-28-15-21(7-14-27(28)40-30(36)25-13-8-22(31)16-26(25)32)17-33-34-29(35)19-39-24-11-9-23(10-12-24)38-18-20-5-3-2-4-6-20/h2-17H,18-19H2,1H3,(H,34,35). The fraction of sp³-hybridized carbons (Fsp3) is 0.100. The summed E-state index contributed by atoms with van der Waals surface area (Å²) in [6.07, 6.45) is 1.42. The predicted molar refractivity (Wildman–Crippen MR) is 153 cm³/mol. The number of nitrogens with zero attached hydrogens (tertiary/aromatic N) is 1. The molecule has 4 aromatic carbocycles. The molecule has 0 spiro atoms. The molecule has 40 heavy (non-hydrogen) atoms. The van der Waals surface area contributed by atoms with Crippen molar-refractivity contribution in [3.63, 3.8) is 0 Å². The van der Waals surface area contributed by atoms with Crippen LogP contribution < -0.4 is 24.4 Å². The Morgan fingerprint density at radius 3 is 2.27 bits per heavy atom. The van der Waals surface area contributed by atoms with Crippen LogP contribution in [0.2, 0.25) is 10.0 Å².